The van der Waals surface area contributed by atoms with Gasteiger partial charge in [-0.05, 0) is 92.2 Å². The number of hydrogen-bond acceptors (Lipinski definition) is 0. The van der Waals surface area contributed by atoms with Gasteiger partial charge in [0, 0.05) is 5.56 Å². The van der Waals surface area contributed by atoms with Crippen LogP contribution >= 0.6 is 11.6 Å². The molecule has 4 rings (SSSR count). The summed E-state index contributed by atoms with van der Waals surface area (Å²) in [5.41, 5.74) is 3.98. The van der Waals surface area contributed by atoms with Crippen molar-refractivity contribution >= 4 is 11.6 Å². The van der Waals surface area contributed by atoms with Crippen LogP contribution in [0.15, 0.2) is 54.6 Å². The van der Waals surface area contributed by atoms with E-state index < -0.39 is 22.5 Å². The van der Waals surface area contributed by atoms with Crippen LogP contribution in [0.3, 0.4) is 0 Å². The Bertz CT molecular complexity index is 1030. The van der Waals surface area contributed by atoms with Crippen LogP contribution in [0.5, 0.6) is 0 Å². The lowest BCUT2D eigenvalue weighted by atomic mass is 9.77. The summed E-state index contributed by atoms with van der Waals surface area (Å²) in [6, 6.07) is 15.9. The fourth-order valence-corrected chi connectivity index (χ4v) is 4.76. The minimum Gasteiger partial charge on any atom is -0.206 e. The lowest BCUT2D eigenvalue weighted by Crippen LogP contribution is -2.14. The molecule has 0 atom stereocenters. The number of aryl methyl sites for hydroxylation is 2. The Kier molecular flexibility index (Phi) is 6.71. The molecule has 4 heteroatoms. The molecule has 0 N–H and O–H groups in total. The highest BCUT2D eigenvalue weighted by Gasteiger charge is 2.22. The fourth-order valence-electron chi connectivity index (χ4n) is 4.65. The first-order valence-corrected chi connectivity index (χ1v) is 11.3. The first kappa shape index (κ1) is 22.0. The van der Waals surface area contributed by atoms with Gasteiger partial charge in [-0.25, -0.2) is 13.2 Å². The Morgan fingerprint density at radius 2 is 1.45 bits per heavy atom. The largest absolute Gasteiger partial charge is 0.206 e. The summed E-state index contributed by atoms with van der Waals surface area (Å²) in [6.45, 7) is 2.11. The zero-order valence-corrected chi connectivity index (χ0v) is 18.4. The van der Waals surface area contributed by atoms with Gasteiger partial charge in [-0.2, -0.15) is 0 Å². The quantitative estimate of drug-likeness (QED) is 0.347. The van der Waals surface area contributed by atoms with Crippen LogP contribution in [0, 0.1) is 30.3 Å². The molecular formula is C27H26ClF3. The molecule has 0 aliphatic heterocycles. The molecule has 1 aliphatic carbocycles. The van der Waals surface area contributed by atoms with E-state index in [0.29, 0.717) is 11.8 Å². The molecular weight excluding hydrogens is 417 g/mol. The maximum absolute atomic E-state index is 14.7. The van der Waals surface area contributed by atoms with Crippen LogP contribution in [-0.2, 0) is 6.42 Å². The van der Waals surface area contributed by atoms with E-state index in [-0.39, 0.29) is 11.1 Å². The predicted octanol–water partition coefficient (Wildman–Crippen LogP) is 8.64. The number of halogens is 4. The van der Waals surface area contributed by atoms with Gasteiger partial charge in [0.05, 0.1) is 0 Å². The van der Waals surface area contributed by atoms with Crippen LogP contribution in [-0.4, -0.2) is 0 Å². The maximum Gasteiger partial charge on any atom is 0.145 e. The number of hydrogen-bond donors (Lipinski definition) is 0. The van der Waals surface area contributed by atoms with Crippen LogP contribution in [0.4, 0.5) is 13.2 Å². The van der Waals surface area contributed by atoms with Crippen molar-refractivity contribution in [2.45, 2.75) is 51.4 Å². The molecule has 0 heterocycles. The van der Waals surface area contributed by atoms with Gasteiger partial charge in [0.2, 0.25) is 0 Å². The van der Waals surface area contributed by atoms with Crippen molar-refractivity contribution in [2.75, 3.05) is 0 Å². The van der Waals surface area contributed by atoms with Crippen LogP contribution < -0.4 is 0 Å². The molecule has 1 fully saturated rings. The molecule has 3 aromatic rings. The van der Waals surface area contributed by atoms with E-state index >= 15 is 0 Å². The van der Waals surface area contributed by atoms with E-state index in [4.69, 9.17) is 11.6 Å². The van der Waals surface area contributed by atoms with E-state index in [1.54, 1.807) is 6.07 Å². The number of benzene rings is 3. The molecule has 1 aliphatic rings. The maximum atomic E-state index is 14.7. The standard InChI is InChI=1S/C27H26ClF3/c1-17-2-9-20(10-3-17)21-11-6-18(7-12-21)4-5-19-8-13-23(24(29)14-19)22-15-25(30)27(28)26(31)16-22/h2-3,8-10,13-16,18,21H,4-7,11-12H2,1H3. The zero-order chi connectivity index (χ0) is 22.0. The van der Waals surface area contributed by atoms with Crippen molar-refractivity contribution in [3.63, 3.8) is 0 Å². The molecule has 0 unspecified atom stereocenters. The molecule has 0 amide bonds. The Hall–Kier alpha value is -2.26. The highest BCUT2D eigenvalue weighted by atomic mass is 35.5. The SMILES string of the molecule is Cc1ccc(C2CCC(CCc3ccc(-c4cc(F)c(Cl)c(F)c4)c(F)c3)CC2)cc1. The van der Waals surface area contributed by atoms with E-state index in [1.807, 2.05) is 6.07 Å². The minimum absolute atomic E-state index is 0.151. The third-order valence-corrected chi connectivity index (χ3v) is 6.93. The van der Waals surface area contributed by atoms with Gasteiger partial charge in [-0.1, -0.05) is 53.6 Å². The van der Waals surface area contributed by atoms with E-state index in [1.165, 1.54) is 42.9 Å². The fraction of sp³-hybridized carbons (Fsp3) is 0.333. The molecule has 1 saturated carbocycles. The molecule has 0 bridgehead atoms. The van der Waals surface area contributed by atoms with Crippen molar-refractivity contribution in [1.29, 1.82) is 0 Å². The first-order valence-electron chi connectivity index (χ1n) is 10.9. The number of rotatable bonds is 5. The third-order valence-electron chi connectivity index (χ3n) is 6.57. The summed E-state index contributed by atoms with van der Waals surface area (Å²) in [5, 5.41) is -0.571. The summed E-state index contributed by atoms with van der Waals surface area (Å²) >= 11 is 5.52. The summed E-state index contributed by atoms with van der Waals surface area (Å²) in [5.74, 6) is -0.942. The average molecular weight is 443 g/mol. The second-order valence-corrected chi connectivity index (χ2v) is 9.11. The molecule has 0 radical (unpaired) electrons. The predicted molar refractivity (Wildman–Crippen MR) is 121 cm³/mol. The molecule has 31 heavy (non-hydrogen) atoms. The minimum atomic E-state index is -0.888. The highest BCUT2D eigenvalue weighted by Crippen LogP contribution is 2.38. The van der Waals surface area contributed by atoms with Gasteiger partial charge in [0.1, 0.15) is 22.5 Å². The lowest BCUT2D eigenvalue weighted by Gasteiger charge is -2.29. The molecule has 0 spiro atoms. The highest BCUT2D eigenvalue weighted by molar-refractivity contribution is 6.31. The third kappa shape index (κ3) is 5.15. The van der Waals surface area contributed by atoms with Gasteiger partial charge in [0.25, 0.3) is 0 Å². The normalized spacial score (nSPS) is 18.9. The molecule has 0 nitrogen and oxygen atoms in total. The van der Waals surface area contributed by atoms with Crippen molar-refractivity contribution in [3.05, 3.63) is 93.8 Å². The zero-order valence-electron chi connectivity index (χ0n) is 17.6. The average Bonchev–Trinajstić information content (AvgIpc) is 2.77. The Morgan fingerprint density at radius 3 is 2.06 bits per heavy atom. The van der Waals surface area contributed by atoms with Crippen molar-refractivity contribution in [3.8, 4) is 11.1 Å². The van der Waals surface area contributed by atoms with Crippen LogP contribution in [0.1, 0.15) is 54.7 Å². The van der Waals surface area contributed by atoms with Crippen LogP contribution in [0.25, 0.3) is 11.1 Å². The van der Waals surface area contributed by atoms with E-state index in [9.17, 15) is 13.2 Å². The molecule has 0 saturated heterocycles. The van der Waals surface area contributed by atoms with E-state index in [0.717, 1.165) is 30.5 Å². The smallest absolute Gasteiger partial charge is 0.145 e. The monoisotopic (exact) mass is 442 g/mol. The summed E-state index contributed by atoms with van der Waals surface area (Å²) in [6.07, 6.45) is 6.64. The lowest BCUT2D eigenvalue weighted by molar-refractivity contribution is 0.310. The summed E-state index contributed by atoms with van der Waals surface area (Å²) in [4.78, 5) is 0. The second-order valence-electron chi connectivity index (χ2n) is 8.74. The second kappa shape index (κ2) is 9.48. The van der Waals surface area contributed by atoms with Gasteiger partial charge in [-0.3, -0.25) is 0 Å². The van der Waals surface area contributed by atoms with Gasteiger partial charge in [-0.15, -0.1) is 0 Å². The van der Waals surface area contributed by atoms with E-state index in [2.05, 4.69) is 31.2 Å². The van der Waals surface area contributed by atoms with Gasteiger partial charge < -0.3 is 0 Å². The van der Waals surface area contributed by atoms with Crippen molar-refractivity contribution < 1.29 is 13.2 Å². The molecule has 3 aromatic carbocycles. The van der Waals surface area contributed by atoms with Gasteiger partial charge >= 0.3 is 0 Å². The summed E-state index contributed by atoms with van der Waals surface area (Å²) < 4.78 is 42.1. The topological polar surface area (TPSA) is 0 Å². The van der Waals surface area contributed by atoms with Gasteiger partial charge in [0.15, 0.2) is 0 Å². The van der Waals surface area contributed by atoms with Crippen molar-refractivity contribution in [1.82, 2.24) is 0 Å². The van der Waals surface area contributed by atoms with Crippen molar-refractivity contribution in [2.24, 2.45) is 5.92 Å². The molecule has 162 valence electrons. The Labute approximate surface area is 187 Å². The first-order chi connectivity index (χ1) is 14.9. The summed E-state index contributed by atoms with van der Waals surface area (Å²) in [7, 11) is 0. The van der Waals surface area contributed by atoms with Crippen LogP contribution in [0.2, 0.25) is 5.02 Å². The Morgan fingerprint density at radius 1 is 0.806 bits per heavy atom. The molecule has 0 aromatic heterocycles. The Balaban J connectivity index is 1.35.